The van der Waals surface area contributed by atoms with Crippen LogP contribution in [0.15, 0.2) is 41.1 Å². The van der Waals surface area contributed by atoms with Crippen molar-refractivity contribution in [3.63, 3.8) is 0 Å². The average molecular weight is 382 g/mol. The van der Waals surface area contributed by atoms with E-state index in [9.17, 15) is 0 Å². The van der Waals surface area contributed by atoms with Crippen LogP contribution in [0, 0.1) is 0 Å². The van der Waals surface area contributed by atoms with Crippen molar-refractivity contribution in [1.29, 1.82) is 0 Å². The van der Waals surface area contributed by atoms with Crippen LogP contribution in [-0.2, 0) is 6.54 Å². The molecular weight excluding hydrogens is 364 g/mol. The minimum atomic E-state index is -0.0179. The number of aliphatic imine (C=N–C) groups is 1. The first-order valence-corrected chi connectivity index (χ1v) is 9.18. The van der Waals surface area contributed by atoms with Crippen LogP contribution in [0.1, 0.15) is 11.3 Å². The zero-order valence-corrected chi connectivity index (χ0v) is 15.1. The van der Waals surface area contributed by atoms with Crippen LogP contribution >= 0.6 is 11.3 Å². The summed E-state index contributed by atoms with van der Waals surface area (Å²) in [6.45, 7) is 0.896. The van der Waals surface area contributed by atoms with Gasteiger partial charge in [-0.2, -0.15) is 0 Å². The van der Waals surface area contributed by atoms with Crippen molar-refractivity contribution < 1.29 is 5.11 Å². The molecule has 1 aliphatic heterocycles. The highest BCUT2D eigenvalue weighted by molar-refractivity contribution is 7.16. The van der Waals surface area contributed by atoms with Crippen LogP contribution in [0.2, 0.25) is 0 Å². The molecule has 10 heteroatoms. The topological polar surface area (TPSA) is 125 Å². The number of thiazole rings is 1. The third kappa shape index (κ3) is 3.58. The predicted octanol–water partition coefficient (Wildman–Crippen LogP) is 1.30. The lowest BCUT2D eigenvalue weighted by Gasteiger charge is -2.17. The van der Waals surface area contributed by atoms with Crippen LogP contribution < -0.4 is 21.7 Å². The fourth-order valence-electron chi connectivity index (χ4n) is 2.68. The molecule has 27 heavy (non-hydrogen) atoms. The summed E-state index contributed by atoms with van der Waals surface area (Å²) >= 11 is 1.62. The molecule has 2 aromatic heterocycles. The number of fused-ring (bicyclic) bond motifs is 2. The summed E-state index contributed by atoms with van der Waals surface area (Å²) in [5.41, 5.74) is 17.0. The largest absolute Gasteiger partial charge is 0.404 e. The Bertz CT molecular complexity index is 1020. The van der Waals surface area contributed by atoms with Crippen molar-refractivity contribution in [2.24, 2.45) is 10.7 Å². The number of nitrogens with zero attached hydrogens (tertiary/aromatic N) is 5. The maximum Gasteiger partial charge on any atom is 0.190 e. The summed E-state index contributed by atoms with van der Waals surface area (Å²) < 4.78 is 1.15. The van der Waals surface area contributed by atoms with Crippen LogP contribution in [0.3, 0.4) is 0 Å². The number of rotatable bonds is 6. The van der Waals surface area contributed by atoms with Gasteiger partial charge in [-0.05, 0) is 17.7 Å². The number of nitrogens with two attached hydrogens (primary N) is 1. The lowest BCUT2D eigenvalue weighted by Crippen LogP contribution is -2.35. The molecule has 0 atom stereocenters. The van der Waals surface area contributed by atoms with E-state index in [1.54, 1.807) is 23.7 Å². The van der Waals surface area contributed by atoms with Crippen molar-refractivity contribution in [2.75, 3.05) is 23.6 Å². The maximum absolute atomic E-state index is 8.86. The zero-order chi connectivity index (χ0) is 18.6. The van der Waals surface area contributed by atoms with Gasteiger partial charge in [0.25, 0.3) is 0 Å². The highest BCUT2D eigenvalue weighted by Crippen LogP contribution is 2.28. The number of anilines is 2. The molecular formula is C17H18N8OS. The summed E-state index contributed by atoms with van der Waals surface area (Å²) in [5, 5.41) is 10.7. The van der Waals surface area contributed by atoms with Crippen molar-refractivity contribution >= 4 is 45.0 Å². The molecule has 0 bridgehead atoms. The van der Waals surface area contributed by atoms with Crippen molar-refractivity contribution in [1.82, 2.24) is 20.5 Å². The molecule has 1 aromatic carbocycles. The molecule has 0 amide bonds. The summed E-state index contributed by atoms with van der Waals surface area (Å²) in [6, 6.07) is 6.18. The number of benzene rings is 1. The van der Waals surface area contributed by atoms with Gasteiger partial charge in [0.15, 0.2) is 11.6 Å². The Morgan fingerprint density at radius 1 is 1.37 bits per heavy atom. The number of aromatic nitrogens is 3. The number of hydrogen-bond donors (Lipinski definition) is 4. The fraction of sp³-hybridized carbons (Fsp3) is 0.176. The van der Waals surface area contributed by atoms with Crippen LogP contribution in [0.25, 0.3) is 15.8 Å². The van der Waals surface area contributed by atoms with Gasteiger partial charge in [0.2, 0.25) is 0 Å². The number of hydrazine groups is 2. The Morgan fingerprint density at radius 3 is 3.15 bits per heavy atom. The van der Waals surface area contributed by atoms with E-state index in [-0.39, 0.29) is 6.61 Å². The van der Waals surface area contributed by atoms with E-state index in [4.69, 9.17) is 10.8 Å². The first kappa shape index (κ1) is 17.3. The van der Waals surface area contributed by atoms with Gasteiger partial charge in [0, 0.05) is 18.0 Å². The molecule has 0 fully saturated rings. The minimum Gasteiger partial charge on any atom is -0.404 e. The number of hydrogen-bond acceptors (Lipinski definition) is 10. The first-order chi connectivity index (χ1) is 13.3. The highest BCUT2D eigenvalue weighted by atomic mass is 32.1. The molecule has 138 valence electrons. The molecule has 5 N–H and O–H groups in total. The monoisotopic (exact) mass is 382 g/mol. The summed E-state index contributed by atoms with van der Waals surface area (Å²) in [7, 11) is 0. The van der Waals surface area contributed by atoms with Gasteiger partial charge in [-0.3, -0.25) is 15.4 Å². The lowest BCUT2D eigenvalue weighted by atomic mass is 10.2. The van der Waals surface area contributed by atoms with Gasteiger partial charge in [0.05, 0.1) is 47.3 Å². The Hall–Kier alpha value is -3.08. The SMILES string of the molecule is NC=C(C=NCCO)c1cnc2c(n1)N(Cc1ccc3ncsc3c1)NN2. The normalized spacial score (nSPS) is 14.1. The van der Waals surface area contributed by atoms with Gasteiger partial charge in [0.1, 0.15) is 0 Å². The Labute approximate surface area is 159 Å². The Kier molecular flexibility index (Phi) is 4.92. The van der Waals surface area contributed by atoms with Crippen LogP contribution in [-0.4, -0.2) is 39.4 Å². The summed E-state index contributed by atoms with van der Waals surface area (Å²) in [5.74, 6) is 1.31. The minimum absolute atomic E-state index is 0.0179. The molecule has 3 heterocycles. The Morgan fingerprint density at radius 2 is 2.30 bits per heavy atom. The Balaban J connectivity index is 1.58. The van der Waals surface area contributed by atoms with Crippen molar-refractivity contribution in [3.05, 3.63) is 47.4 Å². The van der Waals surface area contributed by atoms with Gasteiger partial charge in [-0.25, -0.2) is 15.0 Å². The van der Waals surface area contributed by atoms with Crippen molar-refractivity contribution in [3.8, 4) is 0 Å². The molecule has 4 rings (SSSR count). The second-order valence-corrected chi connectivity index (χ2v) is 6.67. The third-order valence-electron chi connectivity index (χ3n) is 3.99. The van der Waals surface area contributed by atoms with Gasteiger partial charge >= 0.3 is 0 Å². The molecule has 0 radical (unpaired) electrons. The molecule has 1 aliphatic rings. The molecule has 0 saturated carbocycles. The standard InChI is InChI=1S/C17H18N8OS/c18-6-12(7-19-3-4-26)14-8-20-16-17(22-14)25(24-23-16)9-11-1-2-13-15(5-11)27-10-21-13/h1-2,5-8,10,24,26H,3-4,9,18H2,(H,20,23). The number of aliphatic hydroxyl groups is 1. The summed E-state index contributed by atoms with van der Waals surface area (Å²) in [6.07, 6.45) is 4.64. The van der Waals surface area contributed by atoms with Gasteiger partial charge in [-0.1, -0.05) is 6.07 Å². The summed E-state index contributed by atoms with van der Waals surface area (Å²) in [4.78, 5) is 17.5. The fourth-order valence-corrected chi connectivity index (χ4v) is 3.42. The van der Waals surface area contributed by atoms with E-state index in [0.717, 1.165) is 15.8 Å². The first-order valence-electron chi connectivity index (χ1n) is 8.30. The average Bonchev–Trinajstić information content (AvgIpc) is 3.32. The molecule has 0 unspecified atom stereocenters. The molecule has 0 aliphatic carbocycles. The van der Waals surface area contributed by atoms with E-state index in [1.165, 1.54) is 6.20 Å². The van der Waals surface area contributed by atoms with Gasteiger partial charge < -0.3 is 10.8 Å². The van der Waals surface area contributed by atoms with E-state index >= 15 is 0 Å². The number of aliphatic hydroxyl groups excluding tert-OH is 1. The zero-order valence-electron chi connectivity index (χ0n) is 14.3. The van der Waals surface area contributed by atoms with Crippen LogP contribution in [0.5, 0.6) is 0 Å². The molecule has 3 aromatic rings. The smallest absolute Gasteiger partial charge is 0.190 e. The molecule has 0 saturated heterocycles. The third-order valence-corrected chi connectivity index (χ3v) is 4.78. The van der Waals surface area contributed by atoms with E-state index in [0.29, 0.717) is 36.0 Å². The van der Waals surface area contributed by atoms with Crippen LogP contribution in [0.4, 0.5) is 11.6 Å². The number of nitrogens with one attached hydrogen (secondary N) is 2. The maximum atomic E-state index is 8.86. The quantitative estimate of drug-likeness (QED) is 0.470. The van der Waals surface area contributed by atoms with Gasteiger partial charge in [-0.15, -0.1) is 16.9 Å². The second-order valence-electron chi connectivity index (χ2n) is 5.79. The molecule has 0 spiro atoms. The lowest BCUT2D eigenvalue weighted by molar-refractivity contribution is 0.307. The van der Waals surface area contributed by atoms with E-state index in [1.807, 2.05) is 22.7 Å². The predicted molar refractivity (Wildman–Crippen MR) is 107 cm³/mol. The molecule has 9 nitrogen and oxygen atoms in total. The van der Waals surface area contributed by atoms with E-state index < -0.39 is 0 Å². The number of allylic oxidation sites excluding steroid dienone is 1. The van der Waals surface area contributed by atoms with Crippen molar-refractivity contribution in [2.45, 2.75) is 6.54 Å². The van der Waals surface area contributed by atoms with E-state index in [2.05, 4.69) is 37.0 Å². The highest BCUT2D eigenvalue weighted by Gasteiger charge is 2.23. The second kappa shape index (κ2) is 7.66.